The predicted octanol–water partition coefficient (Wildman–Crippen LogP) is 2.83. The van der Waals surface area contributed by atoms with E-state index in [1.54, 1.807) is 7.11 Å². The van der Waals surface area contributed by atoms with Crippen LogP contribution in [0.15, 0.2) is 42.5 Å². The number of nitrogens with two attached hydrogens (primary N) is 1. The first-order valence-electron chi connectivity index (χ1n) is 7.33. The first-order chi connectivity index (χ1) is 10.6. The molecule has 4 heteroatoms. The average molecular weight is 298 g/mol. The molecule has 0 heterocycles. The first-order valence-corrected chi connectivity index (χ1v) is 7.33. The van der Waals surface area contributed by atoms with Gasteiger partial charge in [0.2, 0.25) is 5.91 Å². The number of nitrogen functional groups attached to an aromatic ring is 1. The molecule has 22 heavy (non-hydrogen) atoms. The second kappa shape index (κ2) is 7.50. The molecule has 0 bridgehead atoms. The Morgan fingerprint density at radius 1 is 1.14 bits per heavy atom. The molecule has 3 N–H and O–H groups in total. The van der Waals surface area contributed by atoms with E-state index in [-0.39, 0.29) is 5.91 Å². The Hall–Kier alpha value is -2.49. The maximum Gasteiger partial charge on any atom is 0.220 e. The SMILES string of the molecule is COc1ccc(CCC(=O)NCc2ccc(C)cc2)cc1N. The zero-order chi connectivity index (χ0) is 15.9. The molecule has 0 atom stereocenters. The van der Waals surface area contributed by atoms with Crippen molar-refractivity contribution in [3.8, 4) is 5.75 Å². The van der Waals surface area contributed by atoms with Gasteiger partial charge >= 0.3 is 0 Å². The van der Waals surface area contributed by atoms with Crippen molar-refractivity contribution in [3.05, 3.63) is 59.2 Å². The molecule has 0 spiro atoms. The van der Waals surface area contributed by atoms with Gasteiger partial charge in [0, 0.05) is 13.0 Å². The number of anilines is 1. The molecule has 0 aliphatic rings. The first kappa shape index (κ1) is 15.9. The number of benzene rings is 2. The molecule has 0 saturated heterocycles. The van der Waals surface area contributed by atoms with Crippen molar-refractivity contribution in [3.63, 3.8) is 0 Å². The fourth-order valence-corrected chi connectivity index (χ4v) is 2.19. The van der Waals surface area contributed by atoms with Crippen LogP contribution in [-0.2, 0) is 17.8 Å². The Morgan fingerprint density at radius 2 is 1.82 bits per heavy atom. The van der Waals surface area contributed by atoms with Gasteiger partial charge < -0.3 is 15.8 Å². The predicted molar refractivity (Wildman–Crippen MR) is 88.8 cm³/mol. The number of rotatable bonds is 6. The third kappa shape index (κ3) is 4.52. The number of hydrogen-bond donors (Lipinski definition) is 2. The normalized spacial score (nSPS) is 10.3. The summed E-state index contributed by atoms with van der Waals surface area (Å²) in [7, 11) is 1.59. The van der Waals surface area contributed by atoms with Gasteiger partial charge in [-0.1, -0.05) is 35.9 Å². The van der Waals surface area contributed by atoms with Crippen LogP contribution in [0.5, 0.6) is 5.75 Å². The summed E-state index contributed by atoms with van der Waals surface area (Å²) in [6.07, 6.45) is 1.10. The number of carbonyl (C=O) groups is 1. The highest BCUT2D eigenvalue weighted by Crippen LogP contribution is 2.22. The number of methoxy groups -OCH3 is 1. The summed E-state index contributed by atoms with van der Waals surface area (Å²) >= 11 is 0. The van der Waals surface area contributed by atoms with Crippen LogP contribution in [0.1, 0.15) is 23.1 Å². The van der Waals surface area contributed by atoms with Gasteiger partial charge in [0.25, 0.3) is 0 Å². The van der Waals surface area contributed by atoms with Gasteiger partial charge in [-0.3, -0.25) is 4.79 Å². The van der Waals surface area contributed by atoms with Crippen molar-refractivity contribution in [1.82, 2.24) is 5.32 Å². The van der Waals surface area contributed by atoms with Crippen molar-refractivity contribution in [1.29, 1.82) is 0 Å². The minimum atomic E-state index is 0.0370. The van der Waals surface area contributed by atoms with E-state index in [4.69, 9.17) is 10.5 Å². The Balaban J connectivity index is 1.80. The van der Waals surface area contributed by atoms with Gasteiger partial charge in [-0.05, 0) is 36.6 Å². The topological polar surface area (TPSA) is 64.3 Å². The molecule has 0 aliphatic heterocycles. The van der Waals surface area contributed by atoms with Gasteiger partial charge in [-0.25, -0.2) is 0 Å². The zero-order valence-corrected chi connectivity index (χ0v) is 13.1. The van der Waals surface area contributed by atoms with Crippen molar-refractivity contribution >= 4 is 11.6 Å². The van der Waals surface area contributed by atoms with Crippen LogP contribution in [-0.4, -0.2) is 13.0 Å². The number of nitrogens with one attached hydrogen (secondary N) is 1. The lowest BCUT2D eigenvalue weighted by Crippen LogP contribution is -2.23. The van der Waals surface area contributed by atoms with E-state index >= 15 is 0 Å². The maximum atomic E-state index is 11.9. The minimum Gasteiger partial charge on any atom is -0.495 e. The molecule has 0 saturated carbocycles. The summed E-state index contributed by atoms with van der Waals surface area (Å²) in [5, 5.41) is 2.93. The summed E-state index contributed by atoms with van der Waals surface area (Å²) in [6, 6.07) is 13.8. The molecule has 0 radical (unpaired) electrons. The van der Waals surface area contributed by atoms with E-state index in [2.05, 4.69) is 5.32 Å². The summed E-state index contributed by atoms with van der Waals surface area (Å²) in [6.45, 7) is 2.60. The van der Waals surface area contributed by atoms with Crippen molar-refractivity contribution < 1.29 is 9.53 Å². The van der Waals surface area contributed by atoms with Crippen molar-refractivity contribution in [2.45, 2.75) is 26.3 Å². The molecule has 0 aromatic heterocycles. The second-order valence-corrected chi connectivity index (χ2v) is 5.34. The molecule has 2 aromatic rings. The molecule has 1 amide bonds. The lowest BCUT2D eigenvalue weighted by molar-refractivity contribution is -0.121. The van der Waals surface area contributed by atoms with Crippen LogP contribution in [0.4, 0.5) is 5.69 Å². The van der Waals surface area contributed by atoms with Crippen LogP contribution < -0.4 is 15.8 Å². The van der Waals surface area contributed by atoms with Gasteiger partial charge in [0.1, 0.15) is 5.75 Å². The molecule has 2 aromatic carbocycles. The highest BCUT2D eigenvalue weighted by atomic mass is 16.5. The second-order valence-electron chi connectivity index (χ2n) is 5.34. The highest BCUT2D eigenvalue weighted by Gasteiger charge is 2.05. The minimum absolute atomic E-state index is 0.0370. The lowest BCUT2D eigenvalue weighted by Gasteiger charge is -2.08. The van der Waals surface area contributed by atoms with Gasteiger partial charge in [0.05, 0.1) is 12.8 Å². The number of amides is 1. The van der Waals surface area contributed by atoms with E-state index in [9.17, 15) is 4.79 Å². The smallest absolute Gasteiger partial charge is 0.220 e. The quantitative estimate of drug-likeness (QED) is 0.806. The Morgan fingerprint density at radius 3 is 2.45 bits per heavy atom. The van der Waals surface area contributed by atoms with Crippen LogP contribution in [0, 0.1) is 6.92 Å². The summed E-state index contributed by atoms with van der Waals surface area (Å²) in [5.41, 5.74) is 9.81. The maximum absolute atomic E-state index is 11.9. The summed E-state index contributed by atoms with van der Waals surface area (Å²) < 4.78 is 5.12. The molecule has 0 aliphatic carbocycles. The number of ether oxygens (including phenoxy) is 1. The Kier molecular flexibility index (Phi) is 5.42. The van der Waals surface area contributed by atoms with Crippen molar-refractivity contribution in [2.75, 3.05) is 12.8 Å². The molecular weight excluding hydrogens is 276 g/mol. The number of hydrogen-bond acceptors (Lipinski definition) is 3. The van der Waals surface area contributed by atoms with E-state index in [1.807, 2.05) is 49.4 Å². The number of carbonyl (C=O) groups excluding carboxylic acids is 1. The van der Waals surface area contributed by atoms with Gasteiger partial charge in [-0.15, -0.1) is 0 Å². The molecule has 2 rings (SSSR count). The van der Waals surface area contributed by atoms with Crippen LogP contribution in [0.2, 0.25) is 0 Å². The summed E-state index contributed by atoms with van der Waals surface area (Å²) in [5.74, 6) is 0.697. The summed E-state index contributed by atoms with van der Waals surface area (Å²) in [4.78, 5) is 11.9. The molecular formula is C18H22N2O2. The van der Waals surface area contributed by atoms with E-state index in [0.717, 1.165) is 11.1 Å². The highest BCUT2D eigenvalue weighted by molar-refractivity contribution is 5.76. The van der Waals surface area contributed by atoms with E-state index in [0.29, 0.717) is 30.8 Å². The van der Waals surface area contributed by atoms with Crippen LogP contribution in [0.25, 0.3) is 0 Å². The molecule has 4 nitrogen and oxygen atoms in total. The van der Waals surface area contributed by atoms with E-state index < -0.39 is 0 Å². The Labute approximate surface area is 131 Å². The molecule has 0 fully saturated rings. The fraction of sp³-hybridized carbons (Fsp3) is 0.278. The largest absolute Gasteiger partial charge is 0.495 e. The van der Waals surface area contributed by atoms with Crippen LogP contribution >= 0.6 is 0 Å². The van der Waals surface area contributed by atoms with Crippen molar-refractivity contribution in [2.24, 2.45) is 0 Å². The van der Waals surface area contributed by atoms with Gasteiger partial charge in [-0.2, -0.15) is 0 Å². The zero-order valence-electron chi connectivity index (χ0n) is 13.1. The lowest BCUT2D eigenvalue weighted by atomic mass is 10.1. The standard InChI is InChI=1S/C18H22N2O2/c1-13-3-5-15(6-4-13)12-20-18(21)10-8-14-7-9-17(22-2)16(19)11-14/h3-7,9,11H,8,10,12,19H2,1-2H3,(H,20,21). The number of aryl methyl sites for hydroxylation is 2. The third-order valence-corrected chi connectivity index (χ3v) is 3.55. The fourth-order valence-electron chi connectivity index (χ4n) is 2.19. The molecule has 0 unspecified atom stereocenters. The van der Waals surface area contributed by atoms with E-state index in [1.165, 1.54) is 5.56 Å². The Bertz CT molecular complexity index is 636. The van der Waals surface area contributed by atoms with Crippen LogP contribution in [0.3, 0.4) is 0 Å². The average Bonchev–Trinajstić information content (AvgIpc) is 2.52. The van der Waals surface area contributed by atoms with Gasteiger partial charge in [0.15, 0.2) is 0 Å². The monoisotopic (exact) mass is 298 g/mol. The third-order valence-electron chi connectivity index (χ3n) is 3.55. The molecule has 116 valence electrons.